The van der Waals surface area contributed by atoms with Crippen LogP contribution in [0.5, 0.6) is 0 Å². The molecule has 0 aliphatic rings. The number of carbonyl (C=O) groups is 1. The fourth-order valence-corrected chi connectivity index (χ4v) is 3.59. The molecule has 0 unspecified atom stereocenters. The molecule has 0 bridgehead atoms. The smallest absolute Gasteiger partial charge is 0.251 e. The van der Waals surface area contributed by atoms with E-state index < -0.39 is 0 Å². The zero-order valence-electron chi connectivity index (χ0n) is 18.0. The number of fused-ring (bicyclic) bond motifs is 1. The average Bonchev–Trinajstić information content (AvgIpc) is 3.10. The summed E-state index contributed by atoms with van der Waals surface area (Å²) in [4.78, 5) is 17.2. The van der Waals surface area contributed by atoms with Crippen LogP contribution in [0.1, 0.15) is 48.1 Å². The van der Waals surface area contributed by atoms with Gasteiger partial charge in [0.15, 0.2) is 0 Å². The highest BCUT2D eigenvalue weighted by atomic mass is 19.1. The lowest BCUT2D eigenvalue weighted by Crippen LogP contribution is -2.25. The van der Waals surface area contributed by atoms with Gasteiger partial charge in [-0.3, -0.25) is 4.79 Å². The standard InChI is InChI=1S/C26H26FN3O/c1-26(2,3)20-12-8-18(9-13-20)17-30-23-7-5-4-6-22(23)29-24(30)16-28-25(31)19-10-14-21(27)15-11-19/h4-15H,16-17H2,1-3H3,(H,28,31). The summed E-state index contributed by atoms with van der Waals surface area (Å²) in [7, 11) is 0. The number of benzene rings is 3. The number of aromatic nitrogens is 2. The monoisotopic (exact) mass is 415 g/mol. The van der Waals surface area contributed by atoms with E-state index in [-0.39, 0.29) is 23.7 Å². The fraction of sp³-hybridized carbons (Fsp3) is 0.231. The normalized spacial score (nSPS) is 11.6. The van der Waals surface area contributed by atoms with Crippen LogP contribution in [-0.4, -0.2) is 15.5 Å². The highest BCUT2D eigenvalue weighted by Gasteiger charge is 2.15. The van der Waals surface area contributed by atoms with Gasteiger partial charge >= 0.3 is 0 Å². The molecule has 1 N–H and O–H groups in total. The van der Waals surface area contributed by atoms with Gasteiger partial charge in [-0.05, 0) is 52.9 Å². The zero-order valence-corrected chi connectivity index (χ0v) is 18.0. The lowest BCUT2D eigenvalue weighted by molar-refractivity contribution is 0.0949. The molecule has 1 aromatic heterocycles. The van der Waals surface area contributed by atoms with E-state index in [1.54, 1.807) is 0 Å². The number of imidazole rings is 1. The molecule has 5 heteroatoms. The summed E-state index contributed by atoms with van der Waals surface area (Å²) in [5.41, 5.74) is 4.90. The van der Waals surface area contributed by atoms with Crippen LogP contribution in [0.4, 0.5) is 4.39 Å². The fourth-order valence-electron chi connectivity index (χ4n) is 3.59. The zero-order chi connectivity index (χ0) is 22.0. The summed E-state index contributed by atoms with van der Waals surface area (Å²) >= 11 is 0. The van der Waals surface area contributed by atoms with E-state index in [9.17, 15) is 9.18 Å². The Bertz CT molecular complexity index is 1200. The van der Waals surface area contributed by atoms with E-state index in [0.29, 0.717) is 12.1 Å². The maximum absolute atomic E-state index is 13.1. The van der Waals surface area contributed by atoms with Crippen molar-refractivity contribution < 1.29 is 9.18 Å². The van der Waals surface area contributed by atoms with Gasteiger partial charge in [-0.15, -0.1) is 0 Å². The molecule has 0 saturated carbocycles. The molecule has 4 nitrogen and oxygen atoms in total. The van der Waals surface area contributed by atoms with Crippen LogP contribution in [0.2, 0.25) is 0 Å². The Hall–Kier alpha value is -3.47. The van der Waals surface area contributed by atoms with E-state index in [4.69, 9.17) is 4.98 Å². The van der Waals surface area contributed by atoms with Crippen molar-refractivity contribution in [1.82, 2.24) is 14.9 Å². The third-order valence-electron chi connectivity index (χ3n) is 5.41. The second-order valence-corrected chi connectivity index (χ2v) is 8.74. The maximum Gasteiger partial charge on any atom is 0.251 e. The minimum atomic E-state index is -0.365. The van der Waals surface area contributed by atoms with Crippen molar-refractivity contribution in [2.75, 3.05) is 0 Å². The summed E-state index contributed by atoms with van der Waals surface area (Å²) in [6.45, 7) is 7.55. The maximum atomic E-state index is 13.1. The Balaban J connectivity index is 1.58. The molecule has 4 rings (SSSR count). The van der Waals surface area contributed by atoms with Gasteiger partial charge in [0.25, 0.3) is 5.91 Å². The molecule has 1 heterocycles. The largest absolute Gasteiger partial charge is 0.345 e. The van der Waals surface area contributed by atoms with Gasteiger partial charge in [0.1, 0.15) is 11.6 Å². The molecule has 0 spiro atoms. The molecule has 0 aliphatic heterocycles. The Morgan fingerprint density at radius 1 is 0.968 bits per heavy atom. The summed E-state index contributed by atoms with van der Waals surface area (Å²) in [5.74, 6) is 0.153. The predicted molar refractivity (Wildman–Crippen MR) is 122 cm³/mol. The van der Waals surface area contributed by atoms with Gasteiger partial charge in [-0.1, -0.05) is 57.2 Å². The van der Waals surface area contributed by atoms with Crippen LogP contribution in [0.3, 0.4) is 0 Å². The molecular formula is C26H26FN3O. The van der Waals surface area contributed by atoms with E-state index in [1.807, 2.05) is 24.3 Å². The van der Waals surface area contributed by atoms with Crippen LogP contribution in [0.15, 0.2) is 72.8 Å². The van der Waals surface area contributed by atoms with E-state index >= 15 is 0 Å². The first-order valence-electron chi connectivity index (χ1n) is 10.4. The minimum absolute atomic E-state index is 0.107. The molecule has 1 amide bonds. The molecular weight excluding hydrogens is 389 g/mol. The quantitative estimate of drug-likeness (QED) is 0.471. The van der Waals surface area contributed by atoms with Crippen molar-refractivity contribution in [3.05, 3.63) is 101 Å². The number of halogens is 1. The summed E-state index contributed by atoms with van der Waals surface area (Å²) in [6, 6.07) is 22.1. The van der Waals surface area contributed by atoms with Gasteiger partial charge in [0, 0.05) is 12.1 Å². The highest BCUT2D eigenvalue weighted by Crippen LogP contribution is 2.23. The van der Waals surface area contributed by atoms with Gasteiger partial charge in [-0.2, -0.15) is 0 Å². The minimum Gasteiger partial charge on any atom is -0.345 e. The number of hydrogen-bond donors (Lipinski definition) is 1. The van der Waals surface area contributed by atoms with E-state index in [2.05, 4.69) is 54.9 Å². The molecule has 3 aromatic carbocycles. The lowest BCUT2D eigenvalue weighted by Gasteiger charge is -2.19. The number of rotatable bonds is 5. The highest BCUT2D eigenvalue weighted by molar-refractivity contribution is 5.94. The molecule has 158 valence electrons. The second kappa shape index (κ2) is 8.34. The van der Waals surface area contributed by atoms with Gasteiger partial charge in [-0.25, -0.2) is 9.37 Å². The second-order valence-electron chi connectivity index (χ2n) is 8.74. The third-order valence-corrected chi connectivity index (χ3v) is 5.41. The molecule has 0 aliphatic carbocycles. The molecule has 0 fully saturated rings. The van der Waals surface area contributed by atoms with Crippen LogP contribution in [-0.2, 0) is 18.5 Å². The van der Waals surface area contributed by atoms with Gasteiger partial charge < -0.3 is 9.88 Å². The number of nitrogens with zero attached hydrogens (tertiary/aromatic N) is 2. The topological polar surface area (TPSA) is 46.9 Å². The van der Waals surface area contributed by atoms with Crippen LogP contribution >= 0.6 is 0 Å². The first-order chi connectivity index (χ1) is 14.8. The van der Waals surface area contributed by atoms with Crippen LogP contribution < -0.4 is 5.32 Å². The predicted octanol–water partition coefficient (Wildman–Crippen LogP) is 5.45. The van der Waals surface area contributed by atoms with Gasteiger partial charge in [0.2, 0.25) is 0 Å². The van der Waals surface area contributed by atoms with Crippen molar-refractivity contribution >= 4 is 16.9 Å². The van der Waals surface area contributed by atoms with Crippen molar-refractivity contribution in [2.24, 2.45) is 0 Å². The Morgan fingerprint density at radius 2 is 1.65 bits per heavy atom. The van der Waals surface area contributed by atoms with Crippen molar-refractivity contribution in [2.45, 2.75) is 39.3 Å². The lowest BCUT2D eigenvalue weighted by atomic mass is 9.87. The third kappa shape index (κ3) is 4.66. The van der Waals surface area contributed by atoms with Gasteiger partial charge in [0.05, 0.1) is 17.6 Å². The van der Waals surface area contributed by atoms with E-state index in [1.165, 1.54) is 35.4 Å². The molecule has 0 radical (unpaired) electrons. The Morgan fingerprint density at radius 3 is 2.32 bits per heavy atom. The first-order valence-corrected chi connectivity index (χ1v) is 10.4. The SMILES string of the molecule is CC(C)(C)c1ccc(Cn2c(CNC(=O)c3ccc(F)cc3)nc3ccccc32)cc1. The first kappa shape index (κ1) is 20.8. The molecule has 0 atom stereocenters. The number of hydrogen-bond acceptors (Lipinski definition) is 2. The molecule has 4 aromatic rings. The number of para-hydroxylation sites is 2. The molecule has 0 saturated heterocycles. The van der Waals surface area contributed by atoms with Crippen LogP contribution in [0.25, 0.3) is 11.0 Å². The van der Waals surface area contributed by atoms with Crippen LogP contribution in [0, 0.1) is 5.82 Å². The summed E-state index contributed by atoms with van der Waals surface area (Å²) < 4.78 is 15.3. The summed E-state index contributed by atoms with van der Waals surface area (Å²) in [5, 5.41) is 2.91. The number of nitrogens with one attached hydrogen (secondary N) is 1. The Labute approximate surface area is 181 Å². The number of carbonyl (C=O) groups excluding carboxylic acids is 1. The Kier molecular flexibility index (Phi) is 5.59. The molecule has 31 heavy (non-hydrogen) atoms. The van der Waals surface area contributed by atoms with E-state index in [0.717, 1.165) is 16.9 Å². The van der Waals surface area contributed by atoms with Crippen molar-refractivity contribution in [1.29, 1.82) is 0 Å². The average molecular weight is 416 g/mol. The number of amides is 1. The van der Waals surface area contributed by atoms with Crippen molar-refractivity contribution in [3.63, 3.8) is 0 Å². The summed E-state index contributed by atoms with van der Waals surface area (Å²) in [6.07, 6.45) is 0. The van der Waals surface area contributed by atoms with Crippen molar-refractivity contribution in [3.8, 4) is 0 Å².